The number of hydrogen-bond donors (Lipinski definition) is 3. The van der Waals surface area contributed by atoms with E-state index in [1.165, 1.54) is 0 Å². The molecule has 0 bridgehead atoms. The summed E-state index contributed by atoms with van der Waals surface area (Å²) in [5.41, 5.74) is -0.0849. The molecule has 1 heterocycles. The van der Waals surface area contributed by atoms with Crippen LogP contribution in [0, 0.1) is 24.6 Å². The highest BCUT2D eigenvalue weighted by Crippen LogP contribution is 2.60. The van der Waals surface area contributed by atoms with Crippen molar-refractivity contribution in [3.63, 3.8) is 0 Å². The van der Waals surface area contributed by atoms with Crippen LogP contribution < -0.4 is 9.47 Å². The number of aliphatic hydroxyl groups excluding tert-OH is 3. The first kappa shape index (κ1) is 41.5. The Morgan fingerprint density at radius 1 is 0.966 bits per heavy atom. The fourth-order valence-corrected chi connectivity index (χ4v) is 10.3. The van der Waals surface area contributed by atoms with Crippen molar-refractivity contribution >= 4 is 19.9 Å². The van der Waals surface area contributed by atoms with Crippen molar-refractivity contribution in [2.24, 2.45) is 11.8 Å². The van der Waals surface area contributed by atoms with Crippen LogP contribution in [-0.4, -0.2) is 78.2 Å². The Hall–Kier alpha value is -4.66. The van der Waals surface area contributed by atoms with E-state index in [9.17, 15) is 15.3 Å². The van der Waals surface area contributed by atoms with Crippen molar-refractivity contribution in [1.82, 2.24) is 10.1 Å². The molecule has 3 aliphatic carbocycles. The lowest BCUT2D eigenvalue weighted by molar-refractivity contribution is -0.0481. The Labute approximate surface area is 339 Å². The van der Waals surface area contributed by atoms with E-state index in [1.54, 1.807) is 6.92 Å². The van der Waals surface area contributed by atoms with Gasteiger partial charge in [0.25, 0.3) is 5.88 Å². The number of aromatic nitrogens is 1. The SMILES string of the molecule is Cc1c(OCc2ccccc2)c2c(c(F)c1C(CO)CO)C[C@H]1C[C@H]3[C@H](N(C)C)c4onc(OCc5ccccc5)c4C(=O)[C@@]3(O[Si](C)(C)C(C)(C)C)C(O)=C1C2=O. The maximum atomic E-state index is 17.0. The number of benzene rings is 3. The van der Waals surface area contributed by atoms with Gasteiger partial charge in [0.15, 0.2) is 25.5 Å². The summed E-state index contributed by atoms with van der Waals surface area (Å²) in [6, 6.07) is 18.0. The molecular weight excluding hydrogens is 760 g/mol. The molecule has 308 valence electrons. The number of ketones is 2. The predicted octanol–water partition coefficient (Wildman–Crippen LogP) is 7.80. The number of carbonyl (C=O) groups is 2. The van der Waals surface area contributed by atoms with Crippen molar-refractivity contribution in [2.45, 2.75) is 89.4 Å². The lowest BCUT2D eigenvalue weighted by atomic mass is 9.58. The molecule has 13 heteroatoms. The molecule has 0 radical (unpaired) electrons. The van der Waals surface area contributed by atoms with Gasteiger partial charge in [-0.05, 0) is 79.8 Å². The Morgan fingerprint density at radius 2 is 1.55 bits per heavy atom. The van der Waals surface area contributed by atoms with Crippen molar-refractivity contribution in [3.8, 4) is 11.6 Å². The van der Waals surface area contributed by atoms with Gasteiger partial charge in [-0.15, -0.1) is 0 Å². The van der Waals surface area contributed by atoms with Crippen LogP contribution in [0.4, 0.5) is 4.39 Å². The van der Waals surface area contributed by atoms with Gasteiger partial charge in [0, 0.05) is 28.5 Å². The molecule has 4 aromatic rings. The topological polar surface area (TPSA) is 152 Å². The second-order valence-corrected chi connectivity index (χ2v) is 22.3. The van der Waals surface area contributed by atoms with Gasteiger partial charge < -0.3 is 33.7 Å². The molecule has 7 rings (SSSR count). The summed E-state index contributed by atoms with van der Waals surface area (Å²) in [5.74, 6) is -4.74. The third-order valence-electron chi connectivity index (χ3n) is 12.7. The molecule has 3 aromatic carbocycles. The lowest BCUT2D eigenvalue weighted by Gasteiger charge is -2.55. The lowest BCUT2D eigenvalue weighted by Crippen LogP contribution is -2.65. The first-order chi connectivity index (χ1) is 27.5. The Balaban J connectivity index is 1.45. The number of nitrogens with zero attached hydrogens (tertiary/aromatic N) is 2. The molecule has 4 atom stereocenters. The van der Waals surface area contributed by atoms with Gasteiger partial charge in [-0.25, -0.2) is 4.39 Å². The summed E-state index contributed by atoms with van der Waals surface area (Å²) >= 11 is 0. The molecule has 0 spiro atoms. The highest BCUT2D eigenvalue weighted by molar-refractivity contribution is 6.74. The van der Waals surface area contributed by atoms with Gasteiger partial charge in [0.05, 0.1) is 24.8 Å². The fourth-order valence-electron chi connectivity index (χ4n) is 8.81. The van der Waals surface area contributed by atoms with Crippen LogP contribution in [0.1, 0.15) is 93.4 Å². The third-order valence-corrected chi connectivity index (χ3v) is 17.2. The zero-order valence-corrected chi connectivity index (χ0v) is 35.4. The van der Waals surface area contributed by atoms with E-state index in [2.05, 4.69) is 5.16 Å². The van der Waals surface area contributed by atoms with Crippen LogP contribution >= 0.6 is 0 Å². The summed E-state index contributed by atoms with van der Waals surface area (Å²) in [4.78, 5) is 32.7. The van der Waals surface area contributed by atoms with Crippen LogP contribution in [0.5, 0.6) is 11.6 Å². The summed E-state index contributed by atoms with van der Waals surface area (Å²) < 4.78 is 42.8. The summed E-state index contributed by atoms with van der Waals surface area (Å²) in [6.45, 7) is 10.7. The van der Waals surface area contributed by atoms with Gasteiger partial charge in [-0.3, -0.25) is 14.5 Å². The average Bonchev–Trinajstić information content (AvgIpc) is 3.60. The van der Waals surface area contributed by atoms with Gasteiger partial charge in [-0.1, -0.05) is 81.4 Å². The molecule has 0 fully saturated rings. The number of carbonyl (C=O) groups excluding carboxylic acids is 2. The first-order valence-corrected chi connectivity index (χ1v) is 22.7. The van der Waals surface area contributed by atoms with Crippen molar-refractivity contribution in [2.75, 3.05) is 27.3 Å². The Bertz CT molecular complexity index is 2250. The number of hydrogen-bond acceptors (Lipinski definition) is 11. The smallest absolute Gasteiger partial charge is 0.265 e. The molecule has 0 saturated heterocycles. The molecule has 0 amide bonds. The van der Waals surface area contributed by atoms with Crippen molar-refractivity contribution in [1.29, 1.82) is 0 Å². The monoisotopic (exact) mass is 812 g/mol. The van der Waals surface area contributed by atoms with Crippen LogP contribution in [0.15, 0.2) is 76.5 Å². The number of allylic oxidation sites excluding steroid dienone is 1. The summed E-state index contributed by atoms with van der Waals surface area (Å²) in [5, 5.41) is 37.3. The van der Waals surface area contributed by atoms with Crippen molar-refractivity contribution in [3.05, 3.63) is 123 Å². The van der Waals surface area contributed by atoms with Crippen LogP contribution in [0.3, 0.4) is 0 Å². The quantitative estimate of drug-likeness (QED) is 0.120. The average molecular weight is 813 g/mol. The van der Waals surface area contributed by atoms with E-state index in [-0.39, 0.29) is 76.8 Å². The normalized spacial score (nSPS) is 21.8. The molecule has 3 N–H and O–H groups in total. The largest absolute Gasteiger partial charge is 0.508 e. The standard InChI is InChI=1S/C45H53FN2O9Si/c1-25-32(29(21-49)22-50)36(46)30-19-28-20-31-37(48(5)6)40-35(43(47-56-40)55-24-27-17-13-10-14-18-27)42(53)45(31,57-58(7,8)44(2,3)4)41(52)33(28)38(51)34(30)39(25)54-23-26-15-11-9-12-16-26/h9-18,28-29,31,37,49-50,52H,19-24H2,1-8H3/t28-,31-,37-,45-/m0/s1. The highest BCUT2D eigenvalue weighted by atomic mass is 28.4. The first-order valence-electron chi connectivity index (χ1n) is 19.8. The van der Waals surface area contributed by atoms with Crippen molar-refractivity contribution < 1.29 is 47.7 Å². The summed E-state index contributed by atoms with van der Waals surface area (Å²) in [6.07, 6.45) is 0.112. The number of ether oxygens (including phenoxy) is 2. The van der Waals surface area contributed by atoms with E-state index in [4.69, 9.17) is 18.4 Å². The Morgan fingerprint density at radius 3 is 2.10 bits per heavy atom. The molecule has 58 heavy (non-hydrogen) atoms. The number of Topliss-reactive ketones (excluding diaryl/α,β-unsaturated/α-hetero) is 2. The van der Waals surface area contributed by atoms with E-state index < -0.39 is 79.1 Å². The van der Waals surface area contributed by atoms with Crippen LogP contribution in [-0.2, 0) is 24.1 Å². The minimum Gasteiger partial charge on any atom is -0.508 e. The van der Waals surface area contributed by atoms with Gasteiger partial charge in [0.1, 0.15) is 36.1 Å². The van der Waals surface area contributed by atoms with Crippen LogP contribution in [0.2, 0.25) is 18.1 Å². The number of aliphatic hydroxyl groups is 3. The molecule has 3 aliphatic rings. The zero-order chi connectivity index (χ0) is 41.9. The number of fused-ring (bicyclic) bond motifs is 4. The van der Waals surface area contributed by atoms with Gasteiger partial charge in [-0.2, -0.15) is 0 Å². The molecule has 1 aromatic heterocycles. The van der Waals surface area contributed by atoms with E-state index in [1.807, 2.05) is 114 Å². The highest BCUT2D eigenvalue weighted by Gasteiger charge is 2.67. The van der Waals surface area contributed by atoms with Crippen LogP contribution in [0.25, 0.3) is 0 Å². The number of rotatable bonds is 12. The van der Waals surface area contributed by atoms with E-state index in [0.29, 0.717) is 0 Å². The molecule has 0 saturated carbocycles. The minimum absolute atomic E-state index is 0.0272. The second-order valence-electron chi connectivity index (χ2n) is 17.5. The minimum atomic E-state index is -2.97. The van der Waals surface area contributed by atoms with Gasteiger partial charge >= 0.3 is 0 Å². The van der Waals surface area contributed by atoms with Gasteiger partial charge in [0.2, 0.25) is 5.78 Å². The fraction of sp³-hybridized carbons (Fsp3) is 0.444. The predicted molar refractivity (Wildman–Crippen MR) is 217 cm³/mol. The number of halogens is 1. The van der Waals surface area contributed by atoms with E-state index >= 15 is 14.0 Å². The Kier molecular flexibility index (Phi) is 11.1. The second kappa shape index (κ2) is 15.5. The van der Waals surface area contributed by atoms with E-state index in [0.717, 1.165) is 11.1 Å². The molecule has 11 nitrogen and oxygen atoms in total. The molecular formula is C45H53FN2O9Si. The molecule has 0 aliphatic heterocycles. The zero-order valence-electron chi connectivity index (χ0n) is 34.4. The summed E-state index contributed by atoms with van der Waals surface area (Å²) in [7, 11) is 0.695. The maximum absolute atomic E-state index is 17.0. The molecule has 0 unspecified atom stereocenters. The maximum Gasteiger partial charge on any atom is 0.265 e. The third kappa shape index (κ3) is 6.70.